The van der Waals surface area contributed by atoms with Gasteiger partial charge < -0.3 is 4.42 Å². The third-order valence-corrected chi connectivity index (χ3v) is 2.73. The second-order valence-corrected chi connectivity index (χ2v) is 5.54. The van der Waals surface area contributed by atoms with Crippen molar-refractivity contribution in [2.24, 2.45) is 0 Å². The molecule has 0 amide bonds. The van der Waals surface area contributed by atoms with Crippen LogP contribution in [-0.4, -0.2) is 15.0 Å². The predicted molar refractivity (Wildman–Crippen MR) is 71.2 cm³/mol. The van der Waals surface area contributed by atoms with Crippen LogP contribution in [0.5, 0.6) is 0 Å². The lowest BCUT2D eigenvalue weighted by Gasteiger charge is -2.11. The molecule has 6 nitrogen and oxygen atoms in total. The van der Waals surface area contributed by atoms with Crippen LogP contribution in [0.4, 0.5) is 5.69 Å². The quantitative estimate of drug-likeness (QED) is 0.828. The summed E-state index contributed by atoms with van der Waals surface area (Å²) in [6.45, 7) is 5.65. The highest BCUT2D eigenvalue weighted by Gasteiger charge is 2.23. The van der Waals surface area contributed by atoms with Crippen LogP contribution in [0, 0.1) is 0 Å². The van der Waals surface area contributed by atoms with Crippen LogP contribution in [0.3, 0.4) is 0 Å². The summed E-state index contributed by atoms with van der Waals surface area (Å²) in [7, 11) is 0. The lowest BCUT2D eigenvalue weighted by Crippen LogP contribution is -2.15. The van der Waals surface area contributed by atoms with Gasteiger partial charge in [-0.1, -0.05) is 32.4 Å². The van der Waals surface area contributed by atoms with Crippen LogP contribution in [0.1, 0.15) is 26.7 Å². The Morgan fingerprint density at radius 2 is 2.11 bits per heavy atom. The van der Waals surface area contributed by atoms with Crippen molar-refractivity contribution in [3.8, 4) is 5.69 Å². The van der Waals surface area contributed by atoms with E-state index in [1.807, 2.05) is 26.3 Å². The molecule has 0 saturated heterocycles. The van der Waals surface area contributed by atoms with Crippen molar-refractivity contribution in [2.75, 3.05) is 5.48 Å². The number of nitrogens with one attached hydrogen (secondary N) is 1. The van der Waals surface area contributed by atoms with Gasteiger partial charge in [0.25, 0.3) is 0 Å². The first-order valence-electron chi connectivity index (χ1n) is 5.63. The van der Waals surface area contributed by atoms with Crippen LogP contribution in [-0.2, 0) is 5.41 Å². The molecule has 7 heteroatoms. The highest BCUT2D eigenvalue weighted by Crippen LogP contribution is 2.24. The number of hydrogen-bond acceptors (Lipinski definition) is 5. The van der Waals surface area contributed by atoms with Gasteiger partial charge in [0.2, 0.25) is 5.89 Å². The SMILES string of the molecule is CC(C)(C)c1nn(-c2ccc(Cl)cc2NO)c(=O)o1. The lowest BCUT2D eigenvalue weighted by atomic mass is 9.97. The van der Waals surface area contributed by atoms with E-state index in [4.69, 9.17) is 21.2 Å². The number of anilines is 1. The number of hydrogen-bond donors (Lipinski definition) is 2. The summed E-state index contributed by atoms with van der Waals surface area (Å²) >= 11 is 5.82. The lowest BCUT2D eigenvalue weighted by molar-refractivity contribution is 0.375. The Bertz CT molecular complexity index is 655. The molecule has 0 unspecified atom stereocenters. The zero-order valence-corrected chi connectivity index (χ0v) is 11.5. The van der Waals surface area contributed by atoms with Crippen molar-refractivity contribution in [1.82, 2.24) is 9.78 Å². The first-order chi connectivity index (χ1) is 8.82. The normalized spacial score (nSPS) is 11.6. The molecule has 1 heterocycles. The summed E-state index contributed by atoms with van der Waals surface area (Å²) in [5.74, 6) is -0.305. The molecule has 1 aromatic carbocycles. The zero-order chi connectivity index (χ0) is 14.2. The van der Waals surface area contributed by atoms with E-state index in [0.29, 0.717) is 16.6 Å². The predicted octanol–water partition coefficient (Wildman–Crippen LogP) is 2.58. The van der Waals surface area contributed by atoms with E-state index in [0.717, 1.165) is 4.68 Å². The number of benzene rings is 1. The van der Waals surface area contributed by atoms with E-state index in [2.05, 4.69) is 5.10 Å². The maximum Gasteiger partial charge on any atom is 0.442 e. The summed E-state index contributed by atoms with van der Waals surface area (Å²) in [5.41, 5.74) is 2.22. The Labute approximate surface area is 114 Å². The van der Waals surface area contributed by atoms with Crippen molar-refractivity contribution in [2.45, 2.75) is 26.2 Å². The molecule has 2 rings (SSSR count). The second kappa shape index (κ2) is 4.71. The first-order valence-corrected chi connectivity index (χ1v) is 6.01. The van der Waals surface area contributed by atoms with Crippen molar-refractivity contribution < 1.29 is 9.62 Å². The van der Waals surface area contributed by atoms with Crippen molar-refractivity contribution in [3.05, 3.63) is 39.7 Å². The van der Waals surface area contributed by atoms with Crippen LogP contribution in [0.25, 0.3) is 5.69 Å². The van der Waals surface area contributed by atoms with Crippen LogP contribution in [0.15, 0.2) is 27.4 Å². The smallest absolute Gasteiger partial charge is 0.391 e. The topological polar surface area (TPSA) is 80.3 Å². The number of nitrogens with zero attached hydrogens (tertiary/aromatic N) is 2. The summed E-state index contributed by atoms with van der Waals surface area (Å²) in [6.07, 6.45) is 0. The maximum atomic E-state index is 11.8. The minimum absolute atomic E-state index is 0.267. The number of aromatic nitrogens is 2. The third-order valence-electron chi connectivity index (χ3n) is 2.50. The van der Waals surface area contributed by atoms with Gasteiger partial charge in [0.05, 0.1) is 11.4 Å². The summed E-state index contributed by atoms with van der Waals surface area (Å²) in [4.78, 5) is 11.8. The Kier molecular flexibility index (Phi) is 3.38. The summed E-state index contributed by atoms with van der Waals surface area (Å²) in [5, 5.41) is 13.6. The minimum atomic E-state index is -0.622. The molecule has 0 radical (unpaired) electrons. The average molecular weight is 284 g/mol. The molecule has 19 heavy (non-hydrogen) atoms. The highest BCUT2D eigenvalue weighted by atomic mass is 35.5. The fraction of sp³-hybridized carbons (Fsp3) is 0.333. The molecule has 102 valence electrons. The molecule has 0 bridgehead atoms. The standard InChI is InChI=1S/C12H14ClN3O3/c1-12(2,3)10-14-16(11(17)19-10)9-5-4-7(13)6-8(9)15-18/h4-6,15,18H,1-3H3. The minimum Gasteiger partial charge on any atom is -0.391 e. The third kappa shape index (κ3) is 2.64. The highest BCUT2D eigenvalue weighted by molar-refractivity contribution is 6.30. The van der Waals surface area contributed by atoms with E-state index in [1.54, 1.807) is 12.1 Å². The second-order valence-electron chi connectivity index (χ2n) is 5.11. The molecular formula is C12H14ClN3O3. The monoisotopic (exact) mass is 283 g/mol. The van der Waals surface area contributed by atoms with E-state index in [-0.39, 0.29) is 11.1 Å². The summed E-state index contributed by atoms with van der Waals surface area (Å²) in [6, 6.07) is 4.64. The first kappa shape index (κ1) is 13.6. The zero-order valence-electron chi connectivity index (χ0n) is 10.8. The Hall–Kier alpha value is -1.79. The Morgan fingerprint density at radius 1 is 1.42 bits per heavy atom. The van der Waals surface area contributed by atoms with Crippen molar-refractivity contribution in [1.29, 1.82) is 0 Å². The van der Waals surface area contributed by atoms with Gasteiger partial charge in [-0.25, -0.2) is 4.79 Å². The molecular weight excluding hydrogens is 270 g/mol. The average Bonchev–Trinajstić information content (AvgIpc) is 2.71. The van der Waals surface area contributed by atoms with Gasteiger partial charge in [-0.05, 0) is 18.2 Å². The molecule has 2 N–H and O–H groups in total. The fourth-order valence-electron chi connectivity index (χ4n) is 1.52. The van der Waals surface area contributed by atoms with E-state index in [9.17, 15) is 4.79 Å². The Balaban J connectivity index is 2.60. The van der Waals surface area contributed by atoms with Gasteiger partial charge in [0.15, 0.2) is 0 Å². The summed E-state index contributed by atoms with van der Waals surface area (Å²) < 4.78 is 6.20. The Morgan fingerprint density at radius 3 is 2.63 bits per heavy atom. The van der Waals surface area contributed by atoms with E-state index >= 15 is 0 Å². The fourth-order valence-corrected chi connectivity index (χ4v) is 1.69. The molecule has 0 fully saturated rings. The van der Waals surface area contributed by atoms with Gasteiger partial charge >= 0.3 is 5.76 Å². The molecule has 0 atom stereocenters. The number of rotatable bonds is 2. The molecule has 0 saturated carbocycles. The van der Waals surface area contributed by atoms with Gasteiger partial charge in [-0.15, -0.1) is 5.10 Å². The van der Waals surface area contributed by atoms with Gasteiger partial charge in [-0.2, -0.15) is 4.68 Å². The van der Waals surface area contributed by atoms with Gasteiger partial charge in [0.1, 0.15) is 0 Å². The molecule has 0 aliphatic carbocycles. The van der Waals surface area contributed by atoms with E-state index < -0.39 is 5.76 Å². The molecule has 2 aromatic rings. The van der Waals surface area contributed by atoms with Crippen molar-refractivity contribution in [3.63, 3.8) is 0 Å². The van der Waals surface area contributed by atoms with Gasteiger partial charge in [0, 0.05) is 10.4 Å². The molecule has 0 aliphatic heterocycles. The maximum absolute atomic E-state index is 11.8. The number of halogens is 1. The van der Waals surface area contributed by atoms with Crippen LogP contribution < -0.4 is 11.2 Å². The largest absolute Gasteiger partial charge is 0.442 e. The van der Waals surface area contributed by atoms with Crippen molar-refractivity contribution >= 4 is 17.3 Å². The molecule has 0 aliphatic rings. The van der Waals surface area contributed by atoms with E-state index in [1.165, 1.54) is 6.07 Å². The molecule has 0 spiro atoms. The van der Waals surface area contributed by atoms with Gasteiger partial charge in [-0.3, -0.25) is 10.7 Å². The molecule has 1 aromatic heterocycles. The van der Waals surface area contributed by atoms with Crippen LogP contribution >= 0.6 is 11.6 Å². The van der Waals surface area contributed by atoms with Crippen LogP contribution in [0.2, 0.25) is 5.02 Å².